The first kappa shape index (κ1) is 10.6. The molecule has 0 aromatic carbocycles. The lowest BCUT2D eigenvalue weighted by molar-refractivity contribution is 0.0230. The van der Waals surface area contributed by atoms with E-state index in [2.05, 4.69) is 14.9 Å². The standard InChI is InChI=1S/C8H15N3OS/c1-8(2,12-3)6-9-4-7-5-13-11-10-7/h5,9H,4,6H2,1-3H3. The summed E-state index contributed by atoms with van der Waals surface area (Å²) in [4.78, 5) is 0. The van der Waals surface area contributed by atoms with E-state index < -0.39 is 0 Å². The number of methoxy groups -OCH3 is 1. The second kappa shape index (κ2) is 4.64. The van der Waals surface area contributed by atoms with Crippen LogP contribution in [-0.2, 0) is 11.3 Å². The second-order valence-electron chi connectivity index (χ2n) is 3.46. The Bertz CT molecular complexity index is 236. The second-order valence-corrected chi connectivity index (χ2v) is 4.07. The molecule has 4 nitrogen and oxygen atoms in total. The third-order valence-corrected chi connectivity index (χ3v) is 2.37. The zero-order chi connectivity index (χ0) is 9.73. The number of ether oxygens (including phenoxy) is 1. The van der Waals surface area contributed by atoms with Gasteiger partial charge in [0.05, 0.1) is 11.3 Å². The van der Waals surface area contributed by atoms with Crippen molar-refractivity contribution >= 4 is 11.5 Å². The van der Waals surface area contributed by atoms with Gasteiger partial charge in [-0.3, -0.25) is 0 Å². The quantitative estimate of drug-likeness (QED) is 0.773. The number of rotatable bonds is 5. The largest absolute Gasteiger partial charge is 0.377 e. The summed E-state index contributed by atoms with van der Waals surface area (Å²) in [5, 5.41) is 9.12. The van der Waals surface area contributed by atoms with Crippen LogP contribution in [-0.4, -0.2) is 28.8 Å². The maximum Gasteiger partial charge on any atom is 0.0893 e. The summed E-state index contributed by atoms with van der Waals surface area (Å²) < 4.78 is 9.04. The first-order valence-electron chi connectivity index (χ1n) is 4.16. The minimum atomic E-state index is -0.122. The molecule has 74 valence electrons. The van der Waals surface area contributed by atoms with Crippen molar-refractivity contribution in [3.05, 3.63) is 11.1 Å². The predicted octanol–water partition coefficient (Wildman–Crippen LogP) is 1.05. The summed E-state index contributed by atoms with van der Waals surface area (Å²) in [7, 11) is 1.71. The molecule has 0 unspecified atom stereocenters. The highest BCUT2D eigenvalue weighted by atomic mass is 32.1. The average Bonchev–Trinajstić information content (AvgIpc) is 2.57. The Balaban J connectivity index is 2.21. The van der Waals surface area contributed by atoms with E-state index in [1.165, 1.54) is 11.5 Å². The summed E-state index contributed by atoms with van der Waals surface area (Å²) in [6.45, 7) is 5.64. The van der Waals surface area contributed by atoms with Gasteiger partial charge in [-0.05, 0) is 25.4 Å². The number of hydrogen-bond donors (Lipinski definition) is 1. The molecule has 0 aliphatic rings. The number of nitrogens with zero attached hydrogens (tertiary/aromatic N) is 2. The number of aromatic nitrogens is 2. The highest BCUT2D eigenvalue weighted by Gasteiger charge is 2.15. The van der Waals surface area contributed by atoms with Crippen LogP contribution in [0.15, 0.2) is 5.38 Å². The zero-order valence-corrected chi connectivity index (χ0v) is 9.02. The normalized spacial score (nSPS) is 11.9. The lowest BCUT2D eigenvalue weighted by Crippen LogP contribution is -2.36. The van der Waals surface area contributed by atoms with E-state index in [9.17, 15) is 0 Å². The highest BCUT2D eigenvalue weighted by molar-refractivity contribution is 7.03. The summed E-state index contributed by atoms with van der Waals surface area (Å²) in [6, 6.07) is 0. The molecule has 5 heteroatoms. The van der Waals surface area contributed by atoms with Crippen molar-refractivity contribution < 1.29 is 4.74 Å². The molecule has 1 heterocycles. The fourth-order valence-corrected chi connectivity index (χ4v) is 1.28. The minimum absolute atomic E-state index is 0.122. The molecule has 0 fully saturated rings. The smallest absolute Gasteiger partial charge is 0.0893 e. The highest BCUT2D eigenvalue weighted by Crippen LogP contribution is 2.05. The van der Waals surface area contributed by atoms with Crippen molar-refractivity contribution in [3.8, 4) is 0 Å². The predicted molar refractivity (Wildman–Crippen MR) is 52.7 cm³/mol. The van der Waals surface area contributed by atoms with Crippen molar-refractivity contribution in [3.63, 3.8) is 0 Å². The molecule has 0 saturated heterocycles. The van der Waals surface area contributed by atoms with Gasteiger partial charge in [0.1, 0.15) is 0 Å². The summed E-state index contributed by atoms with van der Waals surface area (Å²) in [5.74, 6) is 0. The lowest BCUT2D eigenvalue weighted by Gasteiger charge is -2.22. The molecule has 0 spiro atoms. The van der Waals surface area contributed by atoms with Crippen molar-refractivity contribution in [1.29, 1.82) is 0 Å². The molecule has 0 aliphatic carbocycles. The number of nitrogens with one attached hydrogen (secondary N) is 1. The molecule has 1 aromatic heterocycles. The van der Waals surface area contributed by atoms with Crippen LogP contribution in [0.5, 0.6) is 0 Å². The van der Waals surface area contributed by atoms with E-state index in [0.717, 1.165) is 18.8 Å². The van der Waals surface area contributed by atoms with Crippen LogP contribution in [0, 0.1) is 0 Å². The Hall–Kier alpha value is -0.520. The molecule has 1 N–H and O–H groups in total. The average molecular weight is 201 g/mol. The zero-order valence-electron chi connectivity index (χ0n) is 8.20. The molecule has 0 atom stereocenters. The van der Waals surface area contributed by atoms with Crippen LogP contribution >= 0.6 is 11.5 Å². The van der Waals surface area contributed by atoms with Crippen LogP contribution in [0.2, 0.25) is 0 Å². The fraction of sp³-hybridized carbons (Fsp3) is 0.750. The summed E-state index contributed by atoms with van der Waals surface area (Å²) in [6.07, 6.45) is 0. The van der Waals surface area contributed by atoms with Crippen molar-refractivity contribution in [1.82, 2.24) is 14.9 Å². The Morgan fingerprint density at radius 1 is 1.62 bits per heavy atom. The van der Waals surface area contributed by atoms with Crippen molar-refractivity contribution in [2.24, 2.45) is 0 Å². The molecular formula is C8H15N3OS. The Morgan fingerprint density at radius 3 is 2.92 bits per heavy atom. The van der Waals surface area contributed by atoms with E-state index in [1.807, 2.05) is 19.2 Å². The SMILES string of the molecule is COC(C)(C)CNCc1csnn1. The first-order valence-corrected chi connectivity index (χ1v) is 4.99. The minimum Gasteiger partial charge on any atom is -0.377 e. The molecule has 1 rings (SSSR count). The maximum atomic E-state index is 5.26. The topological polar surface area (TPSA) is 47.0 Å². The van der Waals surface area contributed by atoms with Gasteiger partial charge in [-0.15, -0.1) is 5.10 Å². The Kier molecular flexibility index (Phi) is 3.77. The van der Waals surface area contributed by atoms with Crippen LogP contribution in [0.25, 0.3) is 0 Å². The van der Waals surface area contributed by atoms with Crippen LogP contribution in [0.1, 0.15) is 19.5 Å². The van der Waals surface area contributed by atoms with Crippen LogP contribution < -0.4 is 5.32 Å². The van der Waals surface area contributed by atoms with E-state index in [1.54, 1.807) is 7.11 Å². The van der Waals surface area contributed by atoms with Gasteiger partial charge >= 0.3 is 0 Å². The lowest BCUT2D eigenvalue weighted by atomic mass is 10.1. The first-order chi connectivity index (χ1) is 6.14. The van der Waals surface area contributed by atoms with Crippen LogP contribution in [0.4, 0.5) is 0 Å². The molecule has 13 heavy (non-hydrogen) atoms. The van der Waals surface area contributed by atoms with Gasteiger partial charge in [-0.2, -0.15) is 0 Å². The number of hydrogen-bond acceptors (Lipinski definition) is 5. The van der Waals surface area contributed by atoms with Gasteiger partial charge in [0, 0.05) is 25.6 Å². The van der Waals surface area contributed by atoms with E-state index >= 15 is 0 Å². The molecule has 0 radical (unpaired) electrons. The van der Waals surface area contributed by atoms with Gasteiger partial charge in [0.2, 0.25) is 0 Å². The maximum absolute atomic E-state index is 5.26. The Morgan fingerprint density at radius 2 is 2.38 bits per heavy atom. The monoisotopic (exact) mass is 201 g/mol. The van der Waals surface area contributed by atoms with Gasteiger partial charge < -0.3 is 10.1 Å². The van der Waals surface area contributed by atoms with Crippen molar-refractivity contribution in [2.75, 3.05) is 13.7 Å². The summed E-state index contributed by atoms with van der Waals surface area (Å²) in [5.41, 5.74) is 0.862. The third kappa shape index (κ3) is 3.80. The molecule has 0 saturated carbocycles. The molecule has 0 amide bonds. The molecular weight excluding hydrogens is 186 g/mol. The van der Waals surface area contributed by atoms with Crippen molar-refractivity contribution in [2.45, 2.75) is 26.0 Å². The fourth-order valence-electron chi connectivity index (χ4n) is 0.825. The van der Waals surface area contributed by atoms with Gasteiger partial charge in [-0.1, -0.05) is 4.49 Å². The van der Waals surface area contributed by atoms with E-state index in [4.69, 9.17) is 4.74 Å². The third-order valence-electron chi connectivity index (χ3n) is 1.81. The van der Waals surface area contributed by atoms with Crippen LogP contribution in [0.3, 0.4) is 0 Å². The van der Waals surface area contributed by atoms with Gasteiger partial charge in [0.15, 0.2) is 0 Å². The molecule has 1 aromatic rings. The van der Waals surface area contributed by atoms with E-state index in [0.29, 0.717) is 0 Å². The summed E-state index contributed by atoms with van der Waals surface area (Å²) >= 11 is 1.37. The van der Waals surface area contributed by atoms with Gasteiger partial charge in [0.25, 0.3) is 0 Å². The van der Waals surface area contributed by atoms with Gasteiger partial charge in [-0.25, -0.2) is 0 Å². The molecule has 0 bridgehead atoms. The molecule has 0 aliphatic heterocycles. The van der Waals surface area contributed by atoms with E-state index in [-0.39, 0.29) is 5.60 Å². The Labute approximate surface area is 82.5 Å².